The van der Waals surface area contributed by atoms with E-state index in [1.165, 1.54) is 0 Å². The third kappa shape index (κ3) is 3.24. The molecule has 2 aromatic heterocycles. The first-order chi connectivity index (χ1) is 9.63. The second kappa shape index (κ2) is 6.64. The van der Waals surface area contributed by atoms with Gasteiger partial charge in [-0.25, -0.2) is 0 Å². The molecule has 110 valence electrons. The molecule has 2 rings (SSSR count). The summed E-state index contributed by atoms with van der Waals surface area (Å²) in [7, 11) is 0. The highest BCUT2D eigenvalue weighted by atomic mass is 16.3. The number of carbonyl (C=O) groups is 1. The number of hydrogen-bond acceptors (Lipinski definition) is 2. The predicted octanol–water partition coefficient (Wildman–Crippen LogP) is 3.81. The van der Waals surface area contributed by atoms with Crippen LogP contribution in [-0.4, -0.2) is 17.0 Å². The number of unbranched alkanes of at least 4 members (excludes halogenated alkanes) is 1. The third-order valence-corrected chi connectivity index (χ3v) is 3.50. The monoisotopic (exact) mass is 276 g/mol. The molecule has 0 bridgehead atoms. The number of furan rings is 1. The van der Waals surface area contributed by atoms with Crippen LogP contribution in [0.1, 0.15) is 50.5 Å². The molecule has 0 radical (unpaired) electrons. The summed E-state index contributed by atoms with van der Waals surface area (Å²) in [6.07, 6.45) is 4.83. The summed E-state index contributed by atoms with van der Waals surface area (Å²) in [5.74, 6) is 0.589. The van der Waals surface area contributed by atoms with Gasteiger partial charge in [-0.1, -0.05) is 27.2 Å². The summed E-state index contributed by atoms with van der Waals surface area (Å²) in [5.41, 5.74) is 2.50. The smallest absolute Gasteiger partial charge is 0.268 e. The van der Waals surface area contributed by atoms with E-state index in [-0.39, 0.29) is 5.91 Å². The number of aryl methyl sites for hydroxylation is 1. The van der Waals surface area contributed by atoms with Gasteiger partial charge in [0.25, 0.3) is 5.91 Å². The van der Waals surface area contributed by atoms with Crippen molar-refractivity contribution in [1.29, 1.82) is 0 Å². The zero-order valence-electron chi connectivity index (χ0n) is 12.6. The Labute approximate surface area is 120 Å². The van der Waals surface area contributed by atoms with Gasteiger partial charge < -0.3 is 14.3 Å². The van der Waals surface area contributed by atoms with E-state index in [9.17, 15) is 4.79 Å². The van der Waals surface area contributed by atoms with E-state index in [4.69, 9.17) is 4.42 Å². The molecule has 0 saturated carbocycles. The van der Waals surface area contributed by atoms with Gasteiger partial charge in [-0.3, -0.25) is 4.79 Å². The number of aromatic nitrogens is 1. The summed E-state index contributed by atoms with van der Waals surface area (Å²) in [5, 5.41) is 3.00. The largest absolute Gasteiger partial charge is 0.463 e. The molecule has 0 unspecified atom stereocenters. The van der Waals surface area contributed by atoms with Gasteiger partial charge in [0.15, 0.2) is 5.58 Å². The average Bonchev–Trinajstić information content (AvgIpc) is 2.96. The molecule has 1 N–H and O–H groups in total. The Kier molecular flexibility index (Phi) is 4.88. The molecule has 0 aliphatic carbocycles. The standard InChI is InChI=1S/C16H24N2O2/c1-4-5-9-18-13-7-10-20-15(13)11-14(18)16(19)17-8-6-12(2)3/h7,10-12H,4-6,8-9H2,1-3H3,(H,17,19). The average molecular weight is 276 g/mol. The summed E-state index contributed by atoms with van der Waals surface area (Å²) in [6, 6.07) is 3.77. The minimum atomic E-state index is -0.00634. The first-order valence-electron chi connectivity index (χ1n) is 7.48. The Balaban J connectivity index is 2.14. The highest BCUT2D eigenvalue weighted by Gasteiger charge is 2.16. The SMILES string of the molecule is CCCCn1c(C(=O)NCCC(C)C)cc2occc21. The van der Waals surface area contributed by atoms with Gasteiger partial charge in [0.2, 0.25) is 0 Å². The number of amides is 1. The van der Waals surface area contributed by atoms with Crippen LogP contribution in [0.5, 0.6) is 0 Å². The van der Waals surface area contributed by atoms with Crippen LogP contribution in [0.2, 0.25) is 0 Å². The van der Waals surface area contributed by atoms with Crippen LogP contribution in [-0.2, 0) is 6.54 Å². The Hall–Kier alpha value is -1.71. The Morgan fingerprint density at radius 2 is 2.25 bits per heavy atom. The first-order valence-corrected chi connectivity index (χ1v) is 7.48. The molecular weight excluding hydrogens is 252 g/mol. The number of nitrogens with zero attached hydrogens (tertiary/aromatic N) is 1. The van der Waals surface area contributed by atoms with Crippen molar-refractivity contribution in [2.45, 2.75) is 46.6 Å². The topological polar surface area (TPSA) is 47.2 Å². The van der Waals surface area contributed by atoms with E-state index in [1.807, 2.05) is 12.1 Å². The lowest BCUT2D eigenvalue weighted by Gasteiger charge is -2.10. The van der Waals surface area contributed by atoms with Crippen LogP contribution in [0.25, 0.3) is 11.1 Å². The molecule has 0 aliphatic rings. The summed E-state index contributed by atoms with van der Waals surface area (Å²) >= 11 is 0. The lowest BCUT2D eigenvalue weighted by molar-refractivity contribution is 0.0943. The first kappa shape index (κ1) is 14.7. The van der Waals surface area contributed by atoms with Gasteiger partial charge in [-0.2, -0.15) is 0 Å². The zero-order chi connectivity index (χ0) is 14.5. The Morgan fingerprint density at radius 3 is 2.95 bits per heavy atom. The maximum absolute atomic E-state index is 12.3. The second-order valence-electron chi connectivity index (χ2n) is 5.64. The minimum absolute atomic E-state index is 0.00634. The molecule has 0 fully saturated rings. The third-order valence-electron chi connectivity index (χ3n) is 3.50. The van der Waals surface area contributed by atoms with Crippen molar-refractivity contribution in [3.63, 3.8) is 0 Å². The van der Waals surface area contributed by atoms with Gasteiger partial charge in [0.05, 0.1) is 11.8 Å². The van der Waals surface area contributed by atoms with Gasteiger partial charge >= 0.3 is 0 Å². The molecule has 0 saturated heterocycles. The molecule has 4 nitrogen and oxygen atoms in total. The van der Waals surface area contributed by atoms with Crippen molar-refractivity contribution >= 4 is 17.0 Å². The minimum Gasteiger partial charge on any atom is -0.463 e. The van der Waals surface area contributed by atoms with Crippen molar-refractivity contribution in [3.05, 3.63) is 24.1 Å². The van der Waals surface area contributed by atoms with Gasteiger partial charge in [-0.05, 0) is 18.8 Å². The second-order valence-corrected chi connectivity index (χ2v) is 5.64. The highest BCUT2D eigenvalue weighted by molar-refractivity contribution is 5.97. The molecule has 0 spiro atoms. The van der Waals surface area contributed by atoms with Crippen molar-refractivity contribution in [2.75, 3.05) is 6.54 Å². The normalized spacial score (nSPS) is 11.4. The number of carbonyl (C=O) groups excluding carboxylic acids is 1. The molecule has 2 heterocycles. The van der Waals surface area contributed by atoms with Crippen LogP contribution < -0.4 is 5.32 Å². The molecule has 0 aliphatic heterocycles. The Bertz CT molecular complexity index is 566. The van der Waals surface area contributed by atoms with Crippen LogP contribution >= 0.6 is 0 Å². The summed E-state index contributed by atoms with van der Waals surface area (Å²) < 4.78 is 7.47. The molecule has 1 amide bonds. The number of nitrogens with one attached hydrogen (secondary N) is 1. The van der Waals surface area contributed by atoms with E-state index in [0.29, 0.717) is 11.6 Å². The fourth-order valence-electron chi connectivity index (χ4n) is 2.29. The summed E-state index contributed by atoms with van der Waals surface area (Å²) in [6.45, 7) is 8.04. The predicted molar refractivity (Wildman–Crippen MR) is 80.9 cm³/mol. The highest BCUT2D eigenvalue weighted by Crippen LogP contribution is 2.21. The molecule has 20 heavy (non-hydrogen) atoms. The lowest BCUT2D eigenvalue weighted by Crippen LogP contribution is -2.27. The van der Waals surface area contributed by atoms with Gasteiger partial charge in [-0.15, -0.1) is 0 Å². The molecule has 4 heteroatoms. The number of fused-ring (bicyclic) bond motifs is 1. The fraction of sp³-hybridized carbons (Fsp3) is 0.562. The molecular formula is C16H24N2O2. The van der Waals surface area contributed by atoms with E-state index in [2.05, 4.69) is 30.7 Å². The Morgan fingerprint density at radius 1 is 1.45 bits per heavy atom. The van der Waals surface area contributed by atoms with Gasteiger partial charge in [0, 0.05) is 25.2 Å². The van der Waals surface area contributed by atoms with Crippen molar-refractivity contribution in [1.82, 2.24) is 9.88 Å². The van der Waals surface area contributed by atoms with Crippen LogP contribution in [0.3, 0.4) is 0 Å². The molecule has 2 aromatic rings. The van der Waals surface area contributed by atoms with E-state index < -0.39 is 0 Å². The van der Waals surface area contributed by atoms with E-state index in [1.54, 1.807) is 6.26 Å². The quantitative estimate of drug-likeness (QED) is 0.836. The van der Waals surface area contributed by atoms with Gasteiger partial charge in [0.1, 0.15) is 5.69 Å². The van der Waals surface area contributed by atoms with Crippen LogP contribution in [0.15, 0.2) is 22.8 Å². The van der Waals surface area contributed by atoms with Crippen molar-refractivity contribution in [2.24, 2.45) is 5.92 Å². The van der Waals surface area contributed by atoms with E-state index in [0.717, 1.165) is 43.5 Å². The molecule has 0 aromatic carbocycles. The van der Waals surface area contributed by atoms with E-state index >= 15 is 0 Å². The van der Waals surface area contributed by atoms with Crippen molar-refractivity contribution in [3.8, 4) is 0 Å². The number of rotatable bonds is 7. The maximum Gasteiger partial charge on any atom is 0.268 e. The number of hydrogen-bond donors (Lipinski definition) is 1. The fourth-order valence-corrected chi connectivity index (χ4v) is 2.29. The summed E-state index contributed by atoms with van der Waals surface area (Å²) in [4.78, 5) is 12.3. The maximum atomic E-state index is 12.3. The lowest BCUT2D eigenvalue weighted by atomic mass is 10.1. The zero-order valence-corrected chi connectivity index (χ0v) is 12.6. The van der Waals surface area contributed by atoms with Crippen LogP contribution in [0, 0.1) is 5.92 Å². The van der Waals surface area contributed by atoms with Crippen LogP contribution in [0.4, 0.5) is 0 Å². The van der Waals surface area contributed by atoms with Crippen molar-refractivity contribution < 1.29 is 9.21 Å². The molecule has 0 atom stereocenters.